The Morgan fingerprint density at radius 3 is 2.88 bits per heavy atom. The van der Waals surface area contributed by atoms with E-state index in [1.807, 2.05) is 24.1 Å². The van der Waals surface area contributed by atoms with E-state index >= 15 is 0 Å². The molecule has 1 atom stereocenters. The molecule has 2 heterocycles. The zero-order valence-corrected chi connectivity index (χ0v) is 10.8. The first-order valence-electron chi connectivity index (χ1n) is 5.66. The van der Waals surface area contributed by atoms with Gasteiger partial charge in [-0.15, -0.1) is 0 Å². The smallest absolute Gasteiger partial charge is 0.219 e. The zero-order valence-electron chi connectivity index (χ0n) is 10.1. The standard InChI is InChI=1S/C12H16ClN3O/c1-9(17)16-7-6-15(2)11(8-16)10-4-3-5-12(13)14-10/h3-5,11H,6-8H2,1-2H3. The maximum absolute atomic E-state index is 11.4. The van der Waals surface area contributed by atoms with Crippen LogP contribution in [0.4, 0.5) is 0 Å². The van der Waals surface area contributed by atoms with Crippen molar-refractivity contribution in [3.63, 3.8) is 0 Å². The van der Waals surface area contributed by atoms with Crippen LogP contribution in [-0.4, -0.2) is 47.4 Å². The van der Waals surface area contributed by atoms with Crippen molar-refractivity contribution < 1.29 is 4.79 Å². The molecule has 4 nitrogen and oxygen atoms in total. The normalized spacial score (nSPS) is 21.6. The summed E-state index contributed by atoms with van der Waals surface area (Å²) in [7, 11) is 2.05. The Morgan fingerprint density at radius 1 is 1.47 bits per heavy atom. The van der Waals surface area contributed by atoms with Crippen molar-refractivity contribution in [2.45, 2.75) is 13.0 Å². The minimum atomic E-state index is 0.116. The Hall–Kier alpha value is -1.13. The van der Waals surface area contributed by atoms with Crippen LogP contribution in [0.3, 0.4) is 0 Å². The Bertz CT molecular complexity index is 424. The van der Waals surface area contributed by atoms with Gasteiger partial charge in [0, 0.05) is 26.6 Å². The van der Waals surface area contributed by atoms with Gasteiger partial charge in [-0.25, -0.2) is 4.98 Å². The summed E-state index contributed by atoms with van der Waals surface area (Å²) in [6.45, 7) is 3.92. The van der Waals surface area contributed by atoms with Gasteiger partial charge in [0.25, 0.3) is 0 Å². The highest BCUT2D eigenvalue weighted by molar-refractivity contribution is 6.29. The number of rotatable bonds is 1. The van der Waals surface area contributed by atoms with Crippen LogP contribution in [0, 0.1) is 0 Å². The second kappa shape index (κ2) is 5.02. The number of nitrogens with zero attached hydrogens (tertiary/aromatic N) is 3. The summed E-state index contributed by atoms with van der Waals surface area (Å²) in [6, 6.07) is 5.74. The molecule has 2 rings (SSSR count). The van der Waals surface area contributed by atoms with Crippen LogP contribution in [0.2, 0.25) is 5.15 Å². The summed E-state index contributed by atoms with van der Waals surface area (Å²) < 4.78 is 0. The lowest BCUT2D eigenvalue weighted by molar-refractivity contribution is -0.131. The summed E-state index contributed by atoms with van der Waals surface area (Å²) in [4.78, 5) is 19.8. The molecule has 0 aliphatic carbocycles. The van der Waals surface area contributed by atoms with Gasteiger partial charge < -0.3 is 4.90 Å². The number of halogens is 1. The fraction of sp³-hybridized carbons (Fsp3) is 0.500. The van der Waals surface area contributed by atoms with Gasteiger partial charge in [-0.1, -0.05) is 17.7 Å². The van der Waals surface area contributed by atoms with Crippen LogP contribution in [0.1, 0.15) is 18.7 Å². The molecule has 0 bridgehead atoms. The Balaban J connectivity index is 2.20. The monoisotopic (exact) mass is 253 g/mol. The minimum Gasteiger partial charge on any atom is -0.340 e. The molecule has 1 aliphatic heterocycles. The number of piperazine rings is 1. The van der Waals surface area contributed by atoms with E-state index in [0.717, 1.165) is 18.8 Å². The summed E-state index contributed by atoms with van der Waals surface area (Å²) in [5, 5.41) is 0.496. The van der Waals surface area contributed by atoms with Crippen molar-refractivity contribution in [3.05, 3.63) is 29.0 Å². The number of hydrogen-bond acceptors (Lipinski definition) is 3. The van der Waals surface area contributed by atoms with E-state index in [4.69, 9.17) is 11.6 Å². The molecule has 1 fully saturated rings. The molecule has 1 amide bonds. The largest absolute Gasteiger partial charge is 0.340 e. The van der Waals surface area contributed by atoms with Gasteiger partial charge in [0.05, 0.1) is 11.7 Å². The molecule has 92 valence electrons. The van der Waals surface area contributed by atoms with E-state index in [0.29, 0.717) is 11.7 Å². The quantitative estimate of drug-likeness (QED) is 0.713. The third-order valence-corrected chi connectivity index (χ3v) is 3.38. The molecular weight excluding hydrogens is 238 g/mol. The Labute approximate surface area is 106 Å². The predicted molar refractivity (Wildman–Crippen MR) is 66.9 cm³/mol. The number of carbonyl (C=O) groups excluding carboxylic acids is 1. The van der Waals surface area contributed by atoms with Crippen LogP contribution in [0.5, 0.6) is 0 Å². The average molecular weight is 254 g/mol. The molecule has 0 spiro atoms. The highest BCUT2D eigenvalue weighted by Gasteiger charge is 2.27. The van der Waals surface area contributed by atoms with Gasteiger partial charge in [-0.3, -0.25) is 9.69 Å². The number of carbonyl (C=O) groups is 1. The molecule has 1 unspecified atom stereocenters. The van der Waals surface area contributed by atoms with E-state index in [1.54, 1.807) is 13.0 Å². The Kier molecular flexibility index (Phi) is 3.64. The average Bonchev–Trinajstić information content (AvgIpc) is 2.29. The number of hydrogen-bond donors (Lipinski definition) is 0. The first-order chi connectivity index (χ1) is 8.08. The van der Waals surface area contributed by atoms with Crippen molar-refractivity contribution in [3.8, 4) is 0 Å². The molecular formula is C12H16ClN3O. The van der Waals surface area contributed by atoms with E-state index in [1.165, 1.54) is 0 Å². The molecule has 1 aromatic rings. The van der Waals surface area contributed by atoms with Crippen LogP contribution in [-0.2, 0) is 4.79 Å². The fourth-order valence-corrected chi connectivity index (χ4v) is 2.26. The molecule has 1 aliphatic rings. The van der Waals surface area contributed by atoms with Crippen LogP contribution < -0.4 is 0 Å². The number of likely N-dealkylation sites (N-methyl/N-ethyl adjacent to an activating group) is 1. The van der Waals surface area contributed by atoms with Crippen molar-refractivity contribution in [1.82, 2.24) is 14.8 Å². The minimum absolute atomic E-state index is 0.116. The predicted octanol–water partition coefficient (Wildman–Crippen LogP) is 1.57. The lowest BCUT2D eigenvalue weighted by atomic mass is 10.1. The first-order valence-corrected chi connectivity index (χ1v) is 6.04. The maximum atomic E-state index is 11.4. The van der Waals surface area contributed by atoms with E-state index in [9.17, 15) is 4.79 Å². The third-order valence-electron chi connectivity index (χ3n) is 3.17. The third kappa shape index (κ3) is 2.76. The van der Waals surface area contributed by atoms with E-state index < -0.39 is 0 Å². The molecule has 0 N–H and O–H groups in total. The van der Waals surface area contributed by atoms with E-state index in [2.05, 4.69) is 9.88 Å². The number of pyridine rings is 1. The van der Waals surface area contributed by atoms with Crippen molar-refractivity contribution in [1.29, 1.82) is 0 Å². The Morgan fingerprint density at radius 2 is 2.24 bits per heavy atom. The van der Waals surface area contributed by atoms with Gasteiger partial charge in [-0.2, -0.15) is 0 Å². The van der Waals surface area contributed by atoms with Crippen LogP contribution in [0.25, 0.3) is 0 Å². The van der Waals surface area contributed by atoms with Gasteiger partial charge >= 0.3 is 0 Å². The van der Waals surface area contributed by atoms with Gasteiger partial charge in [0.2, 0.25) is 5.91 Å². The summed E-state index contributed by atoms with van der Waals surface area (Å²) >= 11 is 5.90. The lowest BCUT2D eigenvalue weighted by Gasteiger charge is -2.38. The summed E-state index contributed by atoms with van der Waals surface area (Å²) in [5.41, 5.74) is 0.922. The van der Waals surface area contributed by atoms with Crippen molar-refractivity contribution in [2.24, 2.45) is 0 Å². The zero-order chi connectivity index (χ0) is 12.4. The van der Waals surface area contributed by atoms with Gasteiger partial charge in [0.15, 0.2) is 0 Å². The van der Waals surface area contributed by atoms with Gasteiger partial charge in [0.1, 0.15) is 5.15 Å². The molecule has 0 saturated carbocycles. The molecule has 5 heteroatoms. The molecule has 17 heavy (non-hydrogen) atoms. The molecule has 1 saturated heterocycles. The fourth-order valence-electron chi connectivity index (χ4n) is 2.09. The lowest BCUT2D eigenvalue weighted by Crippen LogP contribution is -2.48. The highest BCUT2D eigenvalue weighted by atomic mass is 35.5. The molecule has 0 radical (unpaired) electrons. The summed E-state index contributed by atoms with van der Waals surface area (Å²) in [5.74, 6) is 0.116. The molecule has 1 aromatic heterocycles. The van der Waals surface area contributed by atoms with Crippen molar-refractivity contribution in [2.75, 3.05) is 26.7 Å². The highest BCUT2D eigenvalue weighted by Crippen LogP contribution is 2.23. The van der Waals surface area contributed by atoms with Crippen LogP contribution >= 0.6 is 11.6 Å². The number of amides is 1. The van der Waals surface area contributed by atoms with Crippen LogP contribution in [0.15, 0.2) is 18.2 Å². The SMILES string of the molecule is CC(=O)N1CCN(C)C(c2cccc(Cl)n2)C1. The topological polar surface area (TPSA) is 36.4 Å². The van der Waals surface area contributed by atoms with Crippen molar-refractivity contribution >= 4 is 17.5 Å². The second-order valence-corrected chi connectivity index (χ2v) is 4.73. The van der Waals surface area contributed by atoms with E-state index in [-0.39, 0.29) is 11.9 Å². The summed E-state index contributed by atoms with van der Waals surface area (Å²) in [6.07, 6.45) is 0. The first kappa shape index (κ1) is 12.3. The second-order valence-electron chi connectivity index (χ2n) is 4.35. The molecule has 0 aromatic carbocycles. The number of aromatic nitrogens is 1. The van der Waals surface area contributed by atoms with Gasteiger partial charge in [-0.05, 0) is 19.2 Å². The maximum Gasteiger partial charge on any atom is 0.219 e.